The van der Waals surface area contributed by atoms with E-state index in [2.05, 4.69) is 5.32 Å². The first kappa shape index (κ1) is 28.9. The highest BCUT2D eigenvalue weighted by Crippen LogP contribution is 2.22. The van der Waals surface area contributed by atoms with Crippen LogP contribution in [0, 0.1) is 6.92 Å². The predicted octanol–water partition coefficient (Wildman–Crippen LogP) is 4.10. The minimum atomic E-state index is -3.78. The normalized spacial score (nSPS) is 12.0. The molecule has 38 heavy (non-hydrogen) atoms. The molecule has 0 unspecified atom stereocenters. The fourth-order valence-corrected chi connectivity index (χ4v) is 5.18. The topological polar surface area (TPSA) is 86.8 Å². The molecule has 0 aromatic heterocycles. The number of sulfonamides is 1. The van der Waals surface area contributed by atoms with Gasteiger partial charge in [0.2, 0.25) is 21.8 Å². The lowest BCUT2D eigenvalue weighted by Gasteiger charge is -2.33. The van der Waals surface area contributed by atoms with Crippen molar-refractivity contribution >= 4 is 27.5 Å². The van der Waals surface area contributed by atoms with Gasteiger partial charge in [0.1, 0.15) is 12.6 Å². The number of carbonyl (C=O) groups is 2. The van der Waals surface area contributed by atoms with Crippen molar-refractivity contribution in [3.63, 3.8) is 0 Å². The average Bonchev–Trinajstić information content (AvgIpc) is 2.90. The maximum atomic E-state index is 14.0. The monoisotopic (exact) mass is 535 g/mol. The second kappa shape index (κ2) is 13.2. The number of carbonyl (C=O) groups excluding carboxylic acids is 2. The minimum absolute atomic E-state index is 0.173. The summed E-state index contributed by atoms with van der Waals surface area (Å²) >= 11 is 0. The summed E-state index contributed by atoms with van der Waals surface area (Å²) in [5, 5.41) is 2.86. The molecule has 0 radical (unpaired) electrons. The van der Waals surface area contributed by atoms with Gasteiger partial charge in [-0.2, -0.15) is 0 Å². The average molecular weight is 536 g/mol. The van der Waals surface area contributed by atoms with Gasteiger partial charge in [-0.25, -0.2) is 8.42 Å². The quantitative estimate of drug-likeness (QED) is 0.378. The first-order chi connectivity index (χ1) is 18.1. The molecule has 8 heteroatoms. The molecule has 1 atom stereocenters. The Bertz CT molecular complexity index is 1330. The van der Waals surface area contributed by atoms with Gasteiger partial charge in [0.15, 0.2) is 0 Å². The van der Waals surface area contributed by atoms with Crippen LogP contribution in [0.4, 0.5) is 5.69 Å². The SMILES string of the molecule is CCNC(=O)[C@H](Cc1ccccc1)N(Cc1ccccc1C)C(=O)CN(c1ccc(CC)cc1)S(C)(=O)=O. The molecule has 0 saturated carbocycles. The molecular formula is C30H37N3O4S. The highest BCUT2D eigenvalue weighted by atomic mass is 32.2. The molecule has 0 aliphatic rings. The number of hydrogen-bond donors (Lipinski definition) is 1. The molecule has 3 aromatic rings. The van der Waals surface area contributed by atoms with Crippen molar-refractivity contribution in [3.05, 3.63) is 101 Å². The Morgan fingerprint density at radius 3 is 2.08 bits per heavy atom. The van der Waals surface area contributed by atoms with Gasteiger partial charge >= 0.3 is 0 Å². The number of hydrogen-bond acceptors (Lipinski definition) is 4. The molecule has 0 aliphatic carbocycles. The van der Waals surface area contributed by atoms with Crippen molar-refractivity contribution in [1.29, 1.82) is 0 Å². The van der Waals surface area contributed by atoms with E-state index in [1.54, 1.807) is 12.1 Å². The molecule has 0 fully saturated rings. The summed E-state index contributed by atoms with van der Waals surface area (Å²) in [5.74, 6) is -0.734. The first-order valence-corrected chi connectivity index (χ1v) is 14.7. The molecule has 3 rings (SSSR count). The molecule has 1 N–H and O–H groups in total. The zero-order valence-corrected chi connectivity index (χ0v) is 23.4. The largest absolute Gasteiger partial charge is 0.355 e. The lowest BCUT2D eigenvalue weighted by atomic mass is 10.0. The summed E-state index contributed by atoms with van der Waals surface area (Å²) in [7, 11) is -3.78. The van der Waals surface area contributed by atoms with Crippen LogP contribution in [0.3, 0.4) is 0 Å². The van der Waals surface area contributed by atoms with Gasteiger partial charge in [-0.3, -0.25) is 13.9 Å². The summed E-state index contributed by atoms with van der Waals surface area (Å²) < 4.78 is 26.8. The summed E-state index contributed by atoms with van der Waals surface area (Å²) in [5.41, 5.74) is 4.25. The van der Waals surface area contributed by atoms with Crippen molar-refractivity contribution in [1.82, 2.24) is 10.2 Å². The number of rotatable bonds is 12. The minimum Gasteiger partial charge on any atom is -0.355 e. The van der Waals surface area contributed by atoms with Crippen LogP contribution in [0.25, 0.3) is 0 Å². The fraction of sp³-hybridized carbons (Fsp3) is 0.333. The number of nitrogens with one attached hydrogen (secondary N) is 1. The number of likely N-dealkylation sites (N-methyl/N-ethyl adjacent to an activating group) is 1. The highest BCUT2D eigenvalue weighted by Gasteiger charge is 2.33. The van der Waals surface area contributed by atoms with Crippen molar-refractivity contribution in [2.45, 2.75) is 46.2 Å². The van der Waals surface area contributed by atoms with E-state index in [1.165, 1.54) is 4.90 Å². The summed E-state index contributed by atoms with van der Waals surface area (Å²) in [6, 6.07) is 23.5. The summed E-state index contributed by atoms with van der Waals surface area (Å²) in [6.45, 7) is 5.97. The van der Waals surface area contributed by atoms with E-state index in [9.17, 15) is 18.0 Å². The maximum absolute atomic E-state index is 14.0. The Labute approximate surface area is 226 Å². The van der Waals surface area contributed by atoms with Crippen molar-refractivity contribution in [2.75, 3.05) is 23.7 Å². The van der Waals surface area contributed by atoms with Gasteiger partial charge in [-0.15, -0.1) is 0 Å². The van der Waals surface area contributed by atoms with Crippen LogP contribution in [0.1, 0.15) is 36.1 Å². The van der Waals surface area contributed by atoms with Crippen LogP contribution >= 0.6 is 0 Å². The van der Waals surface area contributed by atoms with E-state index < -0.39 is 28.5 Å². The molecule has 0 saturated heterocycles. The third-order valence-electron chi connectivity index (χ3n) is 6.54. The number of amides is 2. The van der Waals surface area contributed by atoms with Crippen LogP contribution in [0.2, 0.25) is 0 Å². The molecule has 0 heterocycles. The number of nitrogens with zero attached hydrogens (tertiary/aromatic N) is 2. The van der Waals surface area contributed by atoms with E-state index >= 15 is 0 Å². The smallest absolute Gasteiger partial charge is 0.244 e. The van der Waals surface area contributed by atoms with Gasteiger partial charge in [0, 0.05) is 19.5 Å². The van der Waals surface area contributed by atoms with E-state index in [-0.39, 0.29) is 12.5 Å². The molecule has 0 aliphatic heterocycles. The maximum Gasteiger partial charge on any atom is 0.244 e. The van der Waals surface area contributed by atoms with Crippen molar-refractivity contribution < 1.29 is 18.0 Å². The standard InChI is InChI=1S/C30H37N3O4S/c1-5-24-16-18-27(19-17-24)33(38(4,36)37)22-29(34)32(21-26-15-11-10-12-23(26)3)28(30(35)31-6-2)20-25-13-8-7-9-14-25/h7-19,28H,5-6,20-22H2,1-4H3,(H,31,35)/t28-/m0/s1. The van der Waals surface area contributed by atoms with Gasteiger partial charge in [-0.05, 0) is 54.7 Å². The van der Waals surface area contributed by atoms with Crippen LogP contribution in [-0.4, -0.2) is 50.5 Å². The molecule has 202 valence electrons. The summed E-state index contributed by atoms with van der Waals surface area (Å²) in [6.07, 6.45) is 2.20. The highest BCUT2D eigenvalue weighted by molar-refractivity contribution is 7.92. The molecule has 0 bridgehead atoms. The second-order valence-electron chi connectivity index (χ2n) is 9.34. The van der Waals surface area contributed by atoms with Gasteiger partial charge in [0.25, 0.3) is 0 Å². The zero-order valence-electron chi connectivity index (χ0n) is 22.6. The molecule has 7 nitrogen and oxygen atoms in total. The van der Waals surface area contributed by atoms with Crippen LogP contribution in [0.5, 0.6) is 0 Å². The third-order valence-corrected chi connectivity index (χ3v) is 7.68. The second-order valence-corrected chi connectivity index (χ2v) is 11.2. The van der Waals surface area contributed by atoms with E-state index in [1.807, 2.05) is 87.5 Å². The molecule has 0 spiro atoms. The van der Waals surface area contributed by atoms with Crippen molar-refractivity contribution in [2.24, 2.45) is 0 Å². The van der Waals surface area contributed by atoms with Crippen LogP contribution in [-0.2, 0) is 39.0 Å². The Morgan fingerprint density at radius 1 is 0.868 bits per heavy atom. The Kier molecular flexibility index (Phi) is 10.1. The zero-order chi connectivity index (χ0) is 27.7. The third kappa shape index (κ3) is 7.68. The molecule has 3 aromatic carbocycles. The summed E-state index contributed by atoms with van der Waals surface area (Å²) in [4.78, 5) is 28.9. The number of benzene rings is 3. The first-order valence-electron chi connectivity index (χ1n) is 12.9. The van der Waals surface area contributed by atoms with E-state index in [4.69, 9.17) is 0 Å². The van der Waals surface area contributed by atoms with E-state index in [0.29, 0.717) is 18.7 Å². The van der Waals surface area contributed by atoms with Crippen LogP contribution in [0.15, 0.2) is 78.9 Å². The van der Waals surface area contributed by atoms with Crippen molar-refractivity contribution in [3.8, 4) is 0 Å². The number of aryl methyl sites for hydroxylation is 2. The van der Waals surface area contributed by atoms with E-state index in [0.717, 1.165) is 39.2 Å². The van der Waals surface area contributed by atoms with Crippen LogP contribution < -0.4 is 9.62 Å². The molecular weight excluding hydrogens is 498 g/mol. The lowest BCUT2D eigenvalue weighted by molar-refractivity contribution is -0.140. The fourth-order valence-electron chi connectivity index (χ4n) is 4.33. The molecule has 2 amide bonds. The number of anilines is 1. The van der Waals surface area contributed by atoms with Gasteiger partial charge in [-0.1, -0.05) is 73.7 Å². The predicted molar refractivity (Wildman–Crippen MR) is 152 cm³/mol. The Morgan fingerprint density at radius 2 is 1.50 bits per heavy atom. The lowest BCUT2D eigenvalue weighted by Crippen LogP contribution is -2.53. The van der Waals surface area contributed by atoms with Gasteiger partial charge < -0.3 is 10.2 Å². The Hall–Kier alpha value is -3.65. The Balaban J connectivity index is 2.03. The van der Waals surface area contributed by atoms with Gasteiger partial charge in [0.05, 0.1) is 11.9 Å².